The van der Waals surface area contributed by atoms with E-state index in [4.69, 9.17) is 4.74 Å². The smallest absolute Gasteiger partial charge is 0.0547 e. The molecule has 0 saturated carbocycles. The van der Waals surface area contributed by atoms with Crippen molar-refractivity contribution in [2.75, 3.05) is 13.2 Å². The fraction of sp³-hybridized carbons (Fsp3) is 0.778. The van der Waals surface area contributed by atoms with Gasteiger partial charge in [0.25, 0.3) is 0 Å². The minimum Gasteiger partial charge on any atom is -0.380 e. The van der Waals surface area contributed by atoms with Gasteiger partial charge in [0.1, 0.15) is 0 Å². The molecule has 0 spiro atoms. The lowest BCUT2D eigenvalue weighted by Crippen LogP contribution is -2.41. The average molecular weight is 140 g/mol. The maximum Gasteiger partial charge on any atom is 0.0547 e. The van der Waals surface area contributed by atoms with Gasteiger partial charge in [-0.25, -0.2) is 0 Å². The minimum absolute atomic E-state index is 0.464. The van der Waals surface area contributed by atoms with Crippen LogP contribution in [0.4, 0.5) is 0 Å². The second-order valence-corrected chi connectivity index (χ2v) is 3.48. The summed E-state index contributed by atoms with van der Waals surface area (Å²) < 4.78 is 5.19. The number of hydrogen-bond donors (Lipinski definition) is 0. The summed E-state index contributed by atoms with van der Waals surface area (Å²) in [5.74, 6) is 0. The number of ether oxygens (including phenoxy) is 1. The molecular formula is C9H16O. The Hall–Kier alpha value is -0.300. The molecular weight excluding hydrogens is 124 g/mol. The van der Waals surface area contributed by atoms with Crippen LogP contribution in [0.25, 0.3) is 0 Å². The van der Waals surface area contributed by atoms with Gasteiger partial charge in [0.15, 0.2) is 0 Å². The molecule has 0 aromatic rings. The summed E-state index contributed by atoms with van der Waals surface area (Å²) in [5, 5.41) is 0. The van der Waals surface area contributed by atoms with Crippen molar-refractivity contribution in [3.63, 3.8) is 0 Å². The molecule has 0 unspecified atom stereocenters. The Balaban J connectivity index is 2.40. The van der Waals surface area contributed by atoms with Crippen LogP contribution in [0.1, 0.15) is 26.7 Å². The van der Waals surface area contributed by atoms with Crippen LogP contribution in [0.5, 0.6) is 0 Å². The van der Waals surface area contributed by atoms with Gasteiger partial charge in [-0.05, 0) is 19.8 Å². The van der Waals surface area contributed by atoms with E-state index >= 15 is 0 Å². The molecule has 1 aliphatic rings. The number of allylic oxidation sites excluding steroid dienone is 1. The monoisotopic (exact) mass is 140 g/mol. The van der Waals surface area contributed by atoms with Crippen molar-refractivity contribution in [3.8, 4) is 0 Å². The minimum atomic E-state index is 0.464. The van der Waals surface area contributed by atoms with Crippen molar-refractivity contribution in [2.24, 2.45) is 5.41 Å². The van der Waals surface area contributed by atoms with Crippen molar-refractivity contribution < 1.29 is 4.74 Å². The molecule has 1 heteroatoms. The van der Waals surface area contributed by atoms with Crippen molar-refractivity contribution in [1.82, 2.24) is 0 Å². The highest BCUT2D eigenvalue weighted by Crippen LogP contribution is 2.36. The van der Waals surface area contributed by atoms with Gasteiger partial charge in [-0.1, -0.05) is 12.5 Å². The molecule has 0 amide bonds. The molecule has 0 aliphatic carbocycles. The highest BCUT2D eigenvalue weighted by Gasteiger charge is 2.36. The number of hydrogen-bond acceptors (Lipinski definition) is 1. The first kappa shape index (κ1) is 7.80. The highest BCUT2D eigenvalue weighted by molar-refractivity contribution is 4.99. The van der Waals surface area contributed by atoms with Crippen LogP contribution in [0, 0.1) is 5.41 Å². The lowest BCUT2D eigenvalue weighted by Gasteiger charge is -2.41. The summed E-state index contributed by atoms with van der Waals surface area (Å²) >= 11 is 0. The van der Waals surface area contributed by atoms with Crippen LogP contribution in [-0.2, 0) is 4.74 Å². The van der Waals surface area contributed by atoms with Crippen LogP contribution in [0.15, 0.2) is 12.2 Å². The molecule has 0 aromatic heterocycles. The van der Waals surface area contributed by atoms with E-state index in [1.165, 1.54) is 12.0 Å². The van der Waals surface area contributed by atoms with Crippen molar-refractivity contribution in [1.29, 1.82) is 0 Å². The SMILES string of the molecule is C=C(C)CC1(CC)COC1. The molecule has 1 rings (SSSR count). The third kappa shape index (κ3) is 1.40. The van der Waals surface area contributed by atoms with Crippen molar-refractivity contribution >= 4 is 0 Å². The Morgan fingerprint density at radius 1 is 1.60 bits per heavy atom. The summed E-state index contributed by atoms with van der Waals surface area (Å²) in [5.41, 5.74) is 1.75. The largest absolute Gasteiger partial charge is 0.380 e. The van der Waals surface area contributed by atoms with Crippen LogP contribution < -0.4 is 0 Å². The van der Waals surface area contributed by atoms with Crippen LogP contribution in [0.3, 0.4) is 0 Å². The molecule has 58 valence electrons. The molecule has 0 N–H and O–H groups in total. The Morgan fingerprint density at radius 3 is 2.30 bits per heavy atom. The summed E-state index contributed by atoms with van der Waals surface area (Å²) in [6.45, 7) is 10.1. The topological polar surface area (TPSA) is 9.23 Å². The summed E-state index contributed by atoms with van der Waals surface area (Å²) in [7, 11) is 0. The molecule has 1 nitrogen and oxygen atoms in total. The van der Waals surface area contributed by atoms with Gasteiger partial charge in [-0.3, -0.25) is 0 Å². The van der Waals surface area contributed by atoms with E-state index in [1.807, 2.05) is 0 Å². The second kappa shape index (κ2) is 2.75. The summed E-state index contributed by atoms with van der Waals surface area (Å²) in [6.07, 6.45) is 2.36. The van der Waals surface area contributed by atoms with Gasteiger partial charge < -0.3 is 4.74 Å². The molecule has 1 heterocycles. The van der Waals surface area contributed by atoms with Crippen LogP contribution >= 0.6 is 0 Å². The molecule has 1 aliphatic heterocycles. The quantitative estimate of drug-likeness (QED) is 0.547. The first-order chi connectivity index (χ1) is 4.68. The maximum absolute atomic E-state index is 5.19. The fourth-order valence-electron chi connectivity index (χ4n) is 1.46. The van der Waals surface area contributed by atoms with Gasteiger partial charge in [0.2, 0.25) is 0 Å². The third-order valence-electron chi connectivity index (χ3n) is 2.24. The van der Waals surface area contributed by atoms with Gasteiger partial charge in [0, 0.05) is 5.41 Å². The standard InChI is InChI=1S/C9H16O/c1-4-9(5-8(2)3)6-10-7-9/h2,4-7H2,1,3H3. The number of rotatable bonds is 3. The zero-order chi connectivity index (χ0) is 7.61. The van der Waals surface area contributed by atoms with Gasteiger partial charge in [-0.2, -0.15) is 0 Å². The van der Waals surface area contributed by atoms with E-state index in [0.29, 0.717) is 5.41 Å². The van der Waals surface area contributed by atoms with E-state index in [1.54, 1.807) is 0 Å². The van der Waals surface area contributed by atoms with Crippen LogP contribution in [-0.4, -0.2) is 13.2 Å². The lowest BCUT2D eigenvalue weighted by atomic mass is 9.78. The predicted octanol–water partition coefficient (Wildman–Crippen LogP) is 2.38. The molecule has 0 atom stereocenters. The van der Waals surface area contributed by atoms with Gasteiger partial charge in [-0.15, -0.1) is 6.58 Å². The van der Waals surface area contributed by atoms with E-state index in [9.17, 15) is 0 Å². The first-order valence-corrected chi connectivity index (χ1v) is 3.91. The molecule has 0 bridgehead atoms. The Bertz CT molecular complexity index is 128. The van der Waals surface area contributed by atoms with E-state index < -0.39 is 0 Å². The van der Waals surface area contributed by atoms with Crippen molar-refractivity contribution in [3.05, 3.63) is 12.2 Å². The lowest BCUT2D eigenvalue weighted by molar-refractivity contribution is -0.114. The predicted molar refractivity (Wildman–Crippen MR) is 43.0 cm³/mol. The van der Waals surface area contributed by atoms with E-state index in [-0.39, 0.29) is 0 Å². The third-order valence-corrected chi connectivity index (χ3v) is 2.24. The first-order valence-electron chi connectivity index (χ1n) is 3.91. The Morgan fingerprint density at radius 2 is 2.20 bits per heavy atom. The highest BCUT2D eigenvalue weighted by atomic mass is 16.5. The fourth-order valence-corrected chi connectivity index (χ4v) is 1.46. The summed E-state index contributed by atoms with van der Waals surface area (Å²) in [4.78, 5) is 0. The molecule has 0 radical (unpaired) electrons. The molecule has 1 saturated heterocycles. The van der Waals surface area contributed by atoms with Gasteiger partial charge >= 0.3 is 0 Å². The molecule has 0 aromatic carbocycles. The zero-order valence-corrected chi connectivity index (χ0v) is 6.94. The van der Waals surface area contributed by atoms with E-state index in [2.05, 4.69) is 20.4 Å². The maximum atomic E-state index is 5.19. The Kier molecular flexibility index (Phi) is 2.14. The van der Waals surface area contributed by atoms with Crippen LogP contribution in [0.2, 0.25) is 0 Å². The zero-order valence-electron chi connectivity index (χ0n) is 6.94. The molecule has 1 fully saturated rings. The van der Waals surface area contributed by atoms with Crippen molar-refractivity contribution in [2.45, 2.75) is 26.7 Å². The second-order valence-electron chi connectivity index (χ2n) is 3.48. The van der Waals surface area contributed by atoms with Gasteiger partial charge in [0.05, 0.1) is 13.2 Å². The summed E-state index contributed by atoms with van der Waals surface area (Å²) in [6, 6.07) is 0. The normalized spacial score (nSPS) is 21.8. The Labute approximate surface area is 63.1 Å². The van der Waals surface area contributed by atoms with E-state index in [0.717, 1.165) is 19.6 Å². The molecule has 10 heavy (non-hydrogen) atoms. The average Bonchev–Trinajstić information content (AvgIpc) is 1.78.